The van der Waals surface area contributed by atoms with E-state index in [9.17, 15) is 4.79 Å². The van der Waals surface area contributed by atoms with Crippen LogP contribution < -0.4 is 10.6 Å². The molecule has 0 fully saturated rings. The van der Waals surface area contributed by atoms with Crippen LogP contribution in [0.5, 0.6) is 0 Å². The second kappa shape index (κ2) is 5.14. The Balaban J connectivity index is 2.41. The average Bonchev–Trinajstić information content (AvgIpc) is 2.87. The number of rotatable bonds is 4. The molecule has 5 nitrogen and oxygen atoms in total. The maximum atomic E-state index is 11.2. The number of anilines is 1. The van der Waals surface area contributed by atoms with Crippen LogP contribution in [0.4, 0.5) is 5.69 Å². The van der Waals surface area contributed by atoms with Gasteiger partial charge in [0.1, 0.15) is 6.04 Å². The zero-order valence-electron chi connectivity index (χ0n) is 11.4. The molecule has 2 N–H and O–H groups in total. The van der Waals surface area contributed by atoms with E-state index in [0.717, 1.165) is 16.8 Å². The Hall–Kier alpha value is -2.30. The third-order valence-corrected chi connectivity index (χ3v) is 3.11. The smallest absolute Gasteiger partial charge is 0.241 e. The van der Waals surface area contributed by atoms with Gasteiger partial charge in [0.25, 0.3) is 0 Å². The number of hydrogen-bond acceptors (Lipinski definition) is 3. The highest BCUT2D eigenvalue weighted by atomic mass is 16.1. The number of primary amides is 1. The van der Waals surface area contributed by atoms with Crippen LogP contribution in [0, 0.1) is 0 Å². The first-order valence-corrected chi connectivity index (χ1v) is 6.11. The maximum absolute atomic E-state index is 11.2. The fourth-order valence-electron chi connectivity index (χ4n) is 1.93. The van der Waals surface area contributed by atoms with Gasteiger partial charge in [-0.15, -0.1) is 0 Å². The highest BCUT2D eigenvalue weighted by Gasteiger charge is 2.14. The predicted molar refractivity (Wildman–Crippen MR) is 75.9 cm³/mol. The molecule has 0 unspecified atom stereocenters. The molecular weight excluding hydrogens is 240 g/mol. The Labute approximate surface area is 112 Å². The van der Waals surface area contributed by atoms with Crippen LogP contribution in [0.25, 0.3) is 11.1 Å². The second-order valence-corrected chi connectivity index (χ2v) is 4.70. The van der Waals surface area contributed by atoms with E-state index >= 15 is 0 Å². The van der Waals surface area contributed by atoms with Gasteiger partial charge in [-0.25, -0.2) is 0 Å². The summed E-state index contributed by atoms with van der Waals surface area (Å²) in [4.78, 5) is 13.2. The van der Waals surface area contributed by atoms with Crippen LogP contribution in [0.2, 0.25) is 0 Å². The number of carbonyl (C=O) groups is 1. The van der Waals surface area contributed by atoms with Crippen LogP contribution >= 0.6 is 0 Å². The molecule has 0 radical (unpaired) electrons. The first kappa shape index (κ1) is 13.1. The number of para-hydroxylation sites is 1. The summed E-state index contributed by atoms with van der Waals surface area (Å²) < 4.78 is 1.59. The highest BCUT2D eigenvalue weighted by molar-refractivity contribution is 5.79. The van der Waals surface area contributed by atoms with Crippen molar-refractivity contribution in [3.05, 3.63) is 36.7 Å². The van der Waals surface area contributed by atoms with E-state index in [1.165, 1.54) is 0 Å². The van der Waals surface area contributed by atoms with Gasteiger partial charge in [-0.05, 0) is 13.0 Å². The number of nitrogens with two attached hydrogens (primary N) is 1. The van der Waals surface area contributed by atoms with Gasteiger partial charge < -0.3 is 10.6 Å². The lowest BCUT2D eigenvalue weighted by Crippen LogP contribution is -2.24. The topological polar surface area (TPSA) is 64.2 Å². The van der Waals surface area contributed by atoms with E-state index in [0.29, 0.717) is 0 Å². The fourth-order valence-corrected chi connectivity index (χ4v) is 1.93. The Morgan fingerprint density at radius 3 is 2.68 bits per heavy atom. The van der Waals surface area contributed by atoms with Crippen molar-refractivity contribution in [2.45, 2.75) is 13.0 Å². The molecule has 1 amide bonds. The molecule has 100 valence electrons. The molecule has 0 saturated carbocycles. The molecule has 0 aliphatic heterocycles. The average molecular weight is 258 g/mol. The van der Waals surface area contributed by atoms with E-state index in [-0.39, 0.29) is 0 Å². The summed E-state index contributed by atoms with van der Waals surface area (Å²) in [5, 5.41) is 4.21. The number of amides is 1. The van der Waals surface area contributed by atoms with Crippen molar-refractivity contribution in [3.63, 3.8) is 0 Å². The van der Waals surface area contributed by atoms with Crippen molar-refractivity contribution < 1.29 is 4.79 Å². The number of nitrogens with zero attached hydrogens (tertiary/aromatic N) is 3. The molecule has 0 aliphatic carbocycles. The van der Waals surface area contributed by atoms with Crippen LogP contribution in [-0.2, 0) is 4.79 Å². The van der Waals surface area contributed by atoms with Crippen LogP contribution in [-0.4, -0.2) is 29.8 Å². The lowest BCUT2D eigenvalue weighted by molar-refractivity contribution is -0.120. The van der Waals surface area contributed by atoms with Gasteiger partial charge in [0.05, 0.1) is 6.20 Å². The zero-order valence-corrected chi connectivity index (χ0v) is 11.4. The fraction of sp³-hybridized carbons (Fsp3) is 0.286. The second-order valence-electron chi connectivity index (χ2n) is 4.70. The molecule has 1 heterocycles. The van der Waals surface area contributed by atoms with Crippen molar-refractivity contribution in [3.8, 4) is 11.1 Å². The monoisotopic (exact) mass is 258 g/mol. The Morgan fingerprint density at radius 1 is 1.37 bits per heavy atom. The normalized spacial score (nSPS) is 12.2. The van der Waals surface area contributed by atoms with Crippen molar-refractivity contribution in [2.24, 2.45) is 5.73 Å². The molecule has 0 aliphatic rings. The minimum Gasteiger partial charge on any atom is -0.377 e. The number of carbonyl (C=O) groups excluding carboxylic acids is 1. The zero-order chi connectivity index (χ0) is 14.0. The first-order chi connectivity index (χ1) is 9.00. The molecular formula is C14H18N4O. The lowest BCUT2D eigenvalue weighted by Gasteiger charge is -2.16. The molecule has 2 aromatic rings. The third kappa shape index (κ3) is 2.59. The third-order valence-electron chi connectivity index (χ3n) is 3.11. The van der Waals surface area contributed by atoms with Gasteiger partial charge in [-0.1, -0.05) is 18.2 Å². The Bertz CT molecular complexity index is 589. The van der Waals surface area contributed by atoms with Crippen LogP contribution in [0.15, 0.2) is 36.7 Å². The van der Waals surface area contributed by atoms with E-state index < -0.39 is 11.9 Å². The van der Waals surface area contributed by atoms with Crippen LogP contribution in [0.3, 0.4) is 0 Å². The van der Waals surface area contributed by atoms with Crippen molar-refractivity contribution in [2.75, 3.05) is 19.0 Å². The standard InChI is InChI=1S/C14H18N4O/c1-10(14(15)19)18-9-11(8-16-18)12-6-4-5-7-13(12)17(2)3/h4-10H,1-3H3,(H2,15,19)/t10-/m1/s1. The summed E-state index contributed by atoms with van der Waals surface area (Å²) in [6.45, 7) is 1.73. The summed E-state index contributed by atoms with van der Waals surface area (Å²) in [6.07, 6.45) is 3.60. The Kier molecular flexibility index (Phi) is 3.55. The molecule has 0 spiro atoms. The summed E-state index contributed by atoms with van der Waals surface area (Å²) in [5.41, 5.74) is 8.44. The summed E-state index contributed by atoms with van der Waals surface area (Å²) in [7, 11) is 3.99. The van der Waals surface area contributed by atoms with Gasteiger partial charge in [-0.2, -0.15) is 5.10 Å². The van der Waals surface area contributed by atoms with Gasteiger partial charge in [0.2, 0.25) is 5.91 Å². The number of hydrogen-bond donors (Lipinski definition) is 1. The van der Waals surface area contributed by atoms with Gasteiger partial charge >= 0.3 is 0 Å². The molecule has 2 rings (SSSR count). The molecule has 1 aromatic heterocycles. The van der Waals surface area contributed by atoms with Crippen molar-refractivity contribution in [1.29, 1.82) is 0 Å². The van der Waals surface area contributed by atoms with Crippen molar-refractivity contribution >= 4 is 11.6 Å². The van der Waals surface area contributed by atoms with Crippen LogP contribution in [0.1, 0.15) is 13.0 Å². The van der Waals surface area contributed by atoms with E-state index in [1.54, 1.807) is 17.8 Å². The Morgan fingerprint density at radius 2 is 2.05 bits per heavy atom. The highest BCUT2D eigenvalue weighted by Crippen LogP contribution is 2.29. The van der Waals surface area contributed by atoms with Gasteiger partial charge in [0, 0.05) is 37.1 Å². The minimum absolute atomic E-state index is 0.393. The SMILES string of the molecule is C[C@H](C(N)=O)n1cc(-c2ccccc2N(C)C)cn1. The molecule has 19 heavy (non-hydrogen) atoms. The largest absolute Gasteiger partial charge is 0.377 e. The lowest BCUT2D eigenvalue weighted by atomic mass is 10.1. The summed E-state index contributed by atoms with van der Waals surface area (Å²) in [6, 6.07) is 7.61. The van der Waals surface area contributed by atoms with Gasteiger partial charge in [-0.3, -0.25) is 9.48 Å². The van der Waals surface area contributed by atoms with E-state index in [2.05, 4.69) is 5.10 Å². The number of benzene rings is 1. The number of aromatic nitrogens is 2. The summed E-state index contributed by atoms with van der Waals surface area (Å²) in [5.74, 6) is -0.393. The predicted octanol–water partition coefficient (Wildman–Crippen LogP) is 1.66. The first-order valence-electron chi connectivity index (χ1n) is 6.11. The van der Waals surface area contributed by atoms with E-state index in [4.69, 9.17) is 5.73 Å². The molecule has 5 heteroatoms. The summed E-state index contributed by atoms with van der Waals surface area (Å²) >= 11 is 0. The molecule has 1 atom stereocenters. The molecule has 1 aromatic carbocycles. The molecule has 0 bridgehead atoms. The maximum Gasteiger partial charge on any atom is 0.241 e. The molecule has 0 saturated heterocycles. The van der Waals surface area contributed by atoms with Crippen molar-refractivity contribution in [1.82, 2.24) is 9.78 Å². The quantitative estimate of drug-likeness (QED) is 0.907. The van der Waals surface area contributed by atoms with E-state index in [1.807, 2.05) is 49.5 Å². The van der Waals surface area contributed by atoms with Gasteiger partial charge in [0.15, 0.2) is 0 Å². The minimum atomic E-state index is -0.444.